The standard InChI is InChI=1S/C57H93N3O18/c1-29(2)22-42(61)74-48-36(9)47(31(4)28-70-55-51(68-15)50(67-14)44(62)39(12)73-55)76-53(65)38(11)49(75-43-23-32(5)58-26-34(7)71-43)35(8)46(77-54-45(63)41(60-69-16)24-33(6)72-54)30(3)25-57(13,52(64)37(48)10)78-56(66)59-27-40-20-18-17-19-21-40/h17-21,29-39,43-51,54-55,58,62-63H,22-28H2,1-16H3,(H,59,66)/t30-,31-,32-,33+,34-,35+,36-,37+,38+,39+,43-,44+,45+,46-,47+,48+,49-,50+,51+,54-,55+,57-/m0/s1. The van der Waals surface area contributed by atoms with E-state index in [0.717, 1.165) is 5.56 Å². The maximum Gasteiger partial charge on any atom is 0.408 e. The summed E-state index contributed by atoms with van der Waals surface area (Å²) in [4.78, 5) is 64.4. The largest absolute Gasteiger partial charge is 0.461 e. The molecule has 1 aromatic carbocycles. The summed E-state index contributed by atoms with van der Waals surface area (Å²) in [6.07, 6.45) is -13.5. The molecule has 0 aliphatic carbocycles. The van der Waals surface area contributed by atoms with E-state index < -0.39 is 145 Å². The molecule has 21 nitrogen and oxygen atoms in total. The molecule has 1 amide bonds. The zero-order valence-electron chi connectivity index (χ0n) is 48.9. The average molecular weight is 1110 g/mol. The predicted octanol–water partition coefficient (Wildman–Crippen LogP) is 5.86. The van der Waals surface area contributed by atoms with Crippen LogP contribution in [0.25, 0.3) is 0 Å². The number of carbonyl (C=O) groups is 4. The maximum absolute atomic E-state index is 15.8. The van der Waals surface area contributed by atoms with Crippen molar-refractivity contribution in [2.45, 2.75) is 220 Å². The van der Waals surface area contributed by atoms with Crippen LogP contribution in [0.4, 0.5) is 4.79 Å². The molecule has 4 heterocycles. The zero-order chi connectivity index (χ0) is 57.8. The lowest BCUT2D eigenvalue weighted by Gasteiger charge is -2.45. The summed E-state index contributed by atoms with van der Waals surface area (Å²) in [5.74, 6) is -7.37. The summed E-state index contributed by atoms with van der Waals surface area (Å²) < 4.78 is 70.1. The molecule has 1 aromatic rings. The second-order valence-corrected chi connectivity index (χ2v) is 23.0. The summed E-state index contributed by atoms with van der Waals surface area (Å²) >= 11 is 0. The lowest BCUT2D eigenvalue weighted by Crippen LogP contribution is -2.59. The van der Waals surface area contributed by atoms with E-state index in [1.54, 1.807) is 34.6 Å². The lowest BCUT2D eigenvalue weighted by molar-refractivity contribution is -0.305. The van der Waals surface area contributed by atoms with E-state index in [1.165, 1.54) is 28.3 Å². The Balaban J connectivity index is 1.69. The van der Waals surface area contributed by atoms with E-state index in [9.17, 15) is 19.8 Å². The summed E-state index contributed by atoms with van der Waals surface area (Å²) in [6, 6.07) is 9.19. The molecule has 4 saturated heterocycles. The van der Waals surface area contributed by atoms with Gasteiger partial charge in [0.1, 0.15) is 43.7 Å². The first kappa shape index (κ1) is 64.9. The Morgan fingerprint density at radius 1 is 0.821 bits per heavy atom. The van der Waals surface area contributed by atoms with Gasteiger partial charge in [-0.25, -0.2) is 4.79 Å². The number of oxime groups is 1. The number of cyclic esters (lactones) is 1. The highest BCUT2D eigenvalue weighted by Crippen LogP contribution is 2.40. The number of nitrogens with one attached hydrogen (secondary N) is 2. The van der Waals surface area contributed by atoms with Gasteiger partial charge in [-0.1, -0.05) is 84.0 Å². The van der Waals surface area contributed by atoms with Crippen LogP contribution in [0.2, 0.25) is 0 Å². The van der Waals surface area contributed by atoms with Crippen molar-refractivity contribution in [2.24, 2.45) is 46.6 Å². The number of benzene rings is 1. The number of nitrogens with zero attached hydrogens (tertiary/aromatic N) is 1. The number of hydrogen-bond acceptors (Lipinski definition) is 20. The van der Waals surface area contributed by atoms with E-state index in [1.807, 2.05) is 78.8 Å². The monoisotopic (exact) mass is 1110 g/mol. The van der Waals surface area contributed by atoms with Crippen molar-refractivity contribution in [1.29, 1.82) is 0 Å². The van der Waals surface area contributed by atoms with Crippen molar-refractivity contribution in [2.75, 3.05) is 34.5 Å². The first-order chi connectivity index (χ1) is 36.8. The van der Waals surface area contributed by atoms with E-state index >= 15 is 9.59 Å². The Bertz CT molecular complexity index is 2070. The summed E-state index contributed by atoms with van der Waals surface area (Å²) in [5.41, 5.74) is -0.874. The molecule has 0 saturated carbocycles. The van der Waals surface area contributed by atoms with Gasteiger partial charge in [0.15, 0.2) is 30.3 Å². The Kier molecular flexibility index (Phi) is 24.8. The second kappa shape index (κ2) is 29.7. The van der Waals surface area contributed by atoms with Gasteiger partial charge in [-0.15, -0.1) is 0 Å². The highest BCUT2D eigenvalue weighted by Gasteiger charge is 2.52. The van der Waals surface area contributed by atoms with Crippen LogP contribution in [-0.4, -0.2) is 172 Å². The van der Waals surface area contributed by atoms with Gasteiger partial charge in [-0.2, -0.15) is 0 Å². The summed E-state index contributed by atoms with van der Waals surface area (Å²) in [5, 5.41) is 33.1. The van der Waals surface area contributed by atoms with Gasteiger partial charge in [0.05, 0.1) is 54.7 Å². The number of esters is 2. The van der Waals surface area contributed by atoms with Crippen LogP contribution < -0.4 is 10.6 Å². The van der Waals surface area contributed by atoms with Gasteiger partial charge < -0.3 is 77.8 Å². The van der Waals surface area contributed by atoms with Crippen molar-refractivity contribution in [3.8, 4) is 0 Å². The van der Waals surface area contributed by atoms with Crippen LogP contribution in [0.3, 0.4) is 0 Å². The van der Waals surface area contributed by atoms with Gasteiger partial charge in [-0.3, -0.25) is 14.4 Å². The third-order valence-electron chi connectivity index (χ3n) is 15.7. The topological polar surface area (TPSA) is 256 Å². The fourth-order valence-electron chi connectivity index (χ4n) is 11.5. The van der Waals surface area contributed by atoms with Crippen LogP contribution >= 0.6 is 0 Å². The quantitative estimate of drug-likeness (QED) is 0.0809. The van der Waals surface area contributed by atoms with Crippen molar-refractivity contribution >= 4 is 29.5 Å². The van der Waals surface area contributed by atoms with Gasteiger partial charge in [-0.05, 0) is 65.4 Å². The van der Waals surface area contributed by atoms with Crippen LogP contribution in [0.5, 0.6) is 0 Å². The molecule has 5 rings (SSSR count). The number of hydrogen-bond donors (Lipinski definition) is 4. The number of methoxy groups -OCH3 is 2. The molecule has 444 valence electrons. The average Bonchev–Trinajstić information content (AvgIpc) is 3.59. The summed E-state index contributed by atoms with van der Waals surface area (Å²) in [6.45, 7) is 23.8. The fourth-order valence-corrected chi connectivity index (χ4v) is 11.5. The number of ketones is 1. The van der Waals surface area contributed by atoms with Crippen molar-refractivity contribution in [3.05, 3.63) is 35.9 Å². The molecule has 4 N–H and O–H groups in total. The zero-order valence-corrected chi connectivity index (χ0v) is 48.9. The first-order valence-electron chi connectivity index (χ1n) is 27.9. The molecular weight excluding hydrogens is 1010 g/mol. The van der Waals surface area contributed by atoms with E-state index in [0.29, 0.717) is 13.0 Å². The third-order valence-corrected chi connectivity index (χ3v) is 15.7. The summed E-state index contributed by atoms with van der Waals surface area (Å²) in [7, 11) is 4.29. The number of amides is 1. The minimum Gasteiger partial charge on any atom is -0.461 e. The highest BCUT2D eigenvalue weighted by atomic mass is 16.7. The van der Waals surface area contributed by atoms with Gasteiger partial charge in [0.25, 0.3) is 0 Å². The molecule has 0 aromatic heterocycles. The molecular formula is C57H93N3O18. The lowest BCUT2D eigenvalue weighted by atomic mass is 9.74. The van der Waals surface area contributed by atoms with E-state index in [-0.39, 0.29) is 56.2 Å². The number of ether oxygens (including phenoxy) is 11. The van der Waals surface area contributed by atoms with E-state index in [2.05, 4.69) is 15.8 Å². The van der Waals surface area contributed by atoms with Crippen LogP contribution in [0, 0.1) is 41.4 Å². The number of aliphatic hydroxyl groups is 2. The van der Waals surface area contributed by atoms with Crippen LogP contribution in [0.15, 0.2) is 35.5 Å². The Hall–Kier alpha value is -3.87. The molecule has 4 aliphatic rings. The number of aliphatic hydroxyl groups excluding tert-OH is 2. The van der Waals surface area contributed by atoms with Crippen molar-refractivity contribution in [3.63, 3.8) is 0 Å². The van der Waals surface area contributed by atoms with Crippen LogP contribution in [0.1, 0.15) is 121 Å². The highest BCUT2D eigenvalue weighted by molar-refractivity contribution is 5.91. The third kappa shape index (κ3) is 17.1. The molecule has 0 bridgehead atoms. The minimum absolute atomic E-state index is 0.00946. The molecule has 22 atom stereocenters. The molecule has 0 radical (unpaired) electrons. The number of alkyl carbamates (subject to hydrolysis) is 1. The van der Waals surface area contributed by atoms with E-state index in [4.69, 9.17) is 56.9 Å². The van der Waals surface area contributed by atoms with Gasteiger partial charge in [0, 0.05) is 70.4 Å². The van der Waals surface area contributed by atoms with Crippen LogP contribution in [-0.2, 0) is 77.9 Å². The Labute approximate surface area is 462 Å². The smallest absolute Gasteiger partial charge is 0.408 e. The predicted molar refractivity (Wildman–Crippen MR) is 285 cm³/mol. The molecule has 4 fully saturated rings. The van der Waals surface area contributed by atoms with Crippen molar-refractivity contribution in [1.82, 2.24) is 10.6 Å². The SMILES string of the molecule is CON=C1C[C@@H](C)O[C@@H](O[C@@H]2[C@@H](C)[C@H](O[C@H]3C[C@H](C)NC[C@H](C)O3)[C@@H](C)C(=O)O[C@H]([C@@H](C)CO[C@@H]3O[C@H](C)[C@@H](O)[C@@H](OC)[C@H]3OC)[C@H](C)[C@@H](OC(=O)CC(C)C)[C@@H](C)C(=O)[C@@](C)(OC(=O)NCc3ccccc3)C[C@@H]2C)[C@@H]1O. The second-order valence-electron chi connectivity index (χ2n) is 23.0. The minimum atomic E-state index is -1.95. The molecule has 21 heteroatoms. The van der Waals surface area contributed by atoms with Gasteiger partial charge in [0.2, 0.25) is 0 Å². The number of rotatable bonds is 17. The Morgan fingerprint density at radius 2 is 1.50 bits per heavy atom. The molecule has 0 spiro atoms. The molecule has 0 unspecified atom stereocenters. The number of Topliss-reactive ketones (excluding diaryl/α,β-unsaturated/α-hetero) is 1. The maximum atomic E-state index is 15.8. The fraction of sp³-hybridized carbons (Fsp3) is 0.807. The van der Waals surface area contributed by atoms with Gasteiger partial charge >= 0.3 is 18.0 Å². The first-order valence-corrected chi connectivity index (χ1v) is 27.9. The van der Waals surface area contributed by atoms with Crippen molar-refractivity contribution < 1.29 is 86.3 Å². The molecule has 4 aliphatic heterocycles. The normalized spacial score (nSPS) is 39.6. The Morgan fingerprint density at radius 3 is 2.14 bits per heavy atom. The number of carbonyl (C=O) groups excluding carboxylic acids is 4. The molecule has 78 heavy (non-hydrogen) atoms.